The van der Waals surface area contributed by atoms with Gasteiger partial charge in [0, 0.05) is 13.0 Å². The Hall–Kier alpha value is -2.87. The van der Waals surface area contributed by atoms with Crippen molar-refractivity contribution in [1.82, 2.24) is 10.6 Å². The molecular formula is C21H29N3O5. The minimum absolute atomic E-state index is 0.217. The van der Waals surface area contributed by atoms with Crippen molar-refractivity contribution >= 4 is 17.8 Å². The highest BCUT2D eigenvalue weighted by atomic mass is 16.5. The molecule has 29 heavy (non-hydrogen) atoms. The average Bonchev–Trinajstić information content (AvgIpc) is 2.72. The van der Waals surface area contributed by atoms with E-state index in [1.807, 2.05) is 18.2 Å². The zero-order valence-corrected chi connectivity index (χ0v) is 16.6. The number of amides is 2. The molecule has 158 valence electrons. The zero-order valence-electron chi connectivity index (χ0n) is 16.6. The Morgan fingerprint density at radius 1 is 1.14 bits per heavy atom. The van der Waals surface area contributed by atoms with E-state index < -0.39 is 30.1 Å². The van der Waals surface area contributed by atoms with Crippen molar-refractivity contribution in [3.63, 3.8) is 0 Å². The van der Waals surface area contributed by atoms with Crippen molar-refractivity contribution in [3.8, 4) is 0 Å². The fourth-order valence-electron chi connectivity index (χ4n) is 3.12. The minimum Gasteiger partial charge on any atom is -0.475 e. The predicted molar refractivity (Wildman–Crippen MR) is 108 cm³/mol. The van der Waals surface area contributed by atoms with Gasteiger partial charge in [-0.05, 0) is 30.9 Å². The van der Waals surface area contributed by atoms with Crippen LogP contribution < -0.4 is 16.4 Å². The molecule has 0 aliphatic carbocycles. The lowest BCUT2D eigenvalue weighted by Gasteiger charge is -2.34. The number of rotatable bonds is 10. The van der Waals surface area contributed by atoms with E-state index in [2.05, 4.69) is 22.8 Å². The molecule has 0 unspecified atom stereocenters. The molecule has 0 radical (unpaired) electrons. The molecule has 0 saturated carbocycles. The van der Waals surface area contributed by atoms with Gasteiger partial charge in [0.05, 0.1) is 12.1 Å². The van der Waals surface area contributed by atoms with Gasteiger partial charge >= 0.3 is 5.97 Å². The average molecular weight is 403 g/mol. The molecule has 0 bridgehead atoms. The summed E-state index contributed by atoms with van der Waals surface area (Å²) >= 11 is 0. The monoisotopic (exact) mass is 403 g/mol. The summed E-state index contributed by atoms with van der Waals surface area (Å²) in [5.74, 6) is -2.47. The van der Waals surface area contributed by atoms with Crippen LogP contribution in [0.5, 0.6) is 0 Å². The maximum atomic E-state index is 12.6. The first kappa shape index (κ1) is 22.4. The topological polar surface area (TPSA) is 131 Å². The minimum atomic E-state index is -1.31. The number of carboxylic acids is 1. The van der Waals surface area contributed by atoms with Gasteiger partial charge in [0.15, 0.2) is 6.10 Å². The SMILES string of the molecule is CCC(=O)N[C@@H]1[C@@H](N)C=C(C(=O)O)O[C@H]1C(=O)NCCCCCc1ccccc1. The van der Waals surface area contributed by atoms with Crippen LogP contribution in [-0.2, 0) is 25.5 Å². The van der Waals surface area contributed by atoms with Gasteiger partial charge in [-0.15, -0.1) is 0 Å². The van der Waals surface area contributed by atoms with Crippen LogP contribution in [0.2, 0.25) is 0 Å². The number of carbonyl (C=O) groups excluding carboxylic acids is 2. The number of carboxylic acid groups (broad SMARTS) is 1. The lowest BCUT2D eigenvalue weighted by atomic mass is 9.98. The van der Waals surface area contributed by atoms with E-state index in [-0.39, 0.29) is 18.1 Å². The number of nitrogens with one attached hydrogen (secondary N) is 2. The Morgan fingerprint density at radius 2 is 1.86 bits per heavy atom. The summed E-state index contributed by atoms with van der Waals surface area (Å²) in [7, 11) is 0. The molecule has 1 heterocycles. The molecule has 1 aliphatic rings. The quantitative estimate of drug-likeness (QED) is 0.433. The molecular weight excluding hydrogens is 374 g/mol. The van der Waals surface area contributed by atoms with E-state index in [1.54, 1.807) is 6.92 Å². The van der Waals surface area contributed by atoms with Gasteiger partial charge in [0.25, 0.3) is 5.91 Å². The fourth-order valence-corrected chi connectivity index (χ4v) is 3.12. The van der Waals surface area contributed by atoms with Crippen molar-refractivity contribution in [2.45, 2.75) is 57.2 Å². The Labute approximate surface area is 170 Å². The summed E-state index contributed by atoms with van der Waals surface area (Å²) in [5, 5.41) is 14.6. The second-order valence-corrected chi connectivity index (χ2v) is 6.99. The second-order valence-electron chi connectivity index (χ2n) is 6.99. The zero-order chi connectivity index (χ0) is 21.2. The highest BCUT2D eigenvalue weighted by Gasteiger charge is 2.40. The first-order chi connectivity index (χ1) is 13.9. The Morgan fingerprint density at radius 3 is 2.52 bits per heavy atom. The highest BCUT2D eigenvalue weighted by Crippen LogP contribution is 2.18. The van der Waals surface area contributed by atoms with E-state index in [4.69, 9.17) is 15.6 Å². The number of hydrogen-bond donors (Lipinski definition) is 4. The maximum absolute atomic E-state index is 12.6. The van der Waals surface area contributed by atoms with Crippen LogP contribution >= 0.6 is 0 Å². The summed E-state index contributed by atoms with van der Waals surface area (Å²) in [6, 6.07) is 8.51. The van der Waals surface area contributed by atoms with Crippen molar-refractivity contribution in [2.75, 3.05) is 6.54 Å². The number of ether oxygens (including phenoxy) is 1. The number of carbonyl (C=O) groups is 3. The smallest absolute Gasteiger partial charge is 0.370 e. The molecule has 8 nitrogen and oxygen atoms in total. The van der Waals surface area contributed by atoms with Crippen LogP contribution in [0.25, 0.3) is 0 Å². The molecule has 0 spiro atoms. The molecule has 1 aromatic carbocycles. The van der Waals surface area contributed by atoms with E-state index in [0.29, 0.717) is 6.54 Å². The van der Waals surface area contributed by atoms with Gasteiger partial charge in [-0.1, -0.05) is 43.7 Å². The third-order valence-electron chi connectivity index (χ3n) is 4.74. The summed E-state index contributed by atoms with van der Waals surface area (Å²) in [6.45, 7) is 2.11. The summed E-state index contributed by atoms with van der Waals surface area (Å²) < 4.78 is 5.33. The lowest BCUT2D eigenvalue weighted by molar-refractivity contribution is -0.143. The van der Waals surface area contributed by atoms with Crippen LogP contribution in [-0.4, -0.2) is 47.6 Å². The molecule has 0 aromatic heterocycles. The van der Waals surface area contributed by atoms with Crippen LogP contribution in [0.4, 0.5) is 0 Å². The molecule has 3 atom stereocenters. The van der Waals surface area contributed by atoms with Crippen LogP contribution in [0, 0.1) is 0 Å². The van der Waals surface area contributed by atoms with Gasteiger partial charge in [0.1, 0.15) is 0 Å². The van der Waals surface area contributed by atoms with Crippen molar-refractivity contribution < 1.29 is 24.2 Å². The predicted octanol–water partition coefficient (Wildman–Crippen LogP) is 1.11. The fraction of sp³-hybridized carbons (Fsp3) is 0.476. The first-order valence-corrected chi connectivity index (χ1v) is 9.90. The molecule has 2 amide bonds. The molecule has 0 fully saturated rings. The van der Waals surface area contributed by atoms with Gasteiger partial charge in [-0.2, -0.15) is 0 Å². The van der Waals surface area contributed by atoms with Crippen molar-refractivity contribution in [1.29, 1.82) is 0 Å². The molecule has 1 aliphatic heterocycles. The van der Waals surface area contributed by atoms with Gasteiger partial charge in [-0.3, -0.25) is 9.59 Å². The number of hydrogen-bond acceptors (Lipinski definition) is 5. The number of benzene rings is 1. The van der Waals surface area contributed by atoms with E-state index in [0.717, 1.165) is 25.7 Å². The molecule has 5 N–H and O–H groups in total. The van der Waals surface area contributed by atoms with E-state index >= 15 is 0 Å². The largest absolute Gasteiger partial charge is 0.475 e. The van der Waals surface area contributed by atoms with E-state index in [1.165, 1.54) is 11.6 Å². The standard InChI is InChI=1S/C21H29N3O5/c1-2-17(25)24-18-15(22)13-16(21(27)28)29-19(18)20(26)23-12-8-4-7-11-14-9-5-3-6-10-14/h3,5-6,9-10,13,15,18-19H,2,4,7-8,11-12,22H2,1H3,(H,23,26)(H,24,25)(H,27,28)/t15-,18+,19+/m0/s1. The highest BCUT2D eigenvalue weighted by molar-refractivity contribution is 5.88. The molecule has 8 heteroatoms. The Balaban J connectivity index is 1.84. The molecule has 0 saturated heterocycles. The second kappa shape index (κ2) is 11.2. The third kappa shape index (κ3) is 6.90. The number of aryl methyl sites for hydroxylation is 1. The molecule has 1 aromatic rings. The lowest BCUT2D eigenvalue weighted by Crippen LogP contribution is -2.61. The third-order valence-corrected chi connectivity index (χ3v) is 4.74. The number of unbranched alkanes of at least 4 members (excludes halogenated alkanes) is 2. The Kier molecular flexibility index (Phi) is 8.67. The summed E-state index contributed by atoms with van der Waals surface area (Å²) in [4.78, 5) is 35.6. The van der Waals surface area contributed by atoms with Crippen molar-refractivity contribution in [2.24, 2.45) is 5.73 Å². The maximum Gasteiger partial charge on any atom is 0.370 e. The van der Waals surface area contributed by atoms with Gasteiger partial charge < -0.3 is 26.2 Å². The number of aliphatic carboxylic acids is 1. The van der Waals surface area contributed by atoms with Gasteiger partial charge in [0.2, 0.25) is 11.7 Å². The molecule has 2 rings (SSSR count). The van der Waals surface area contributed by atoms with Crippen LogP contribution in [0.15, 0.2) is 42.2 Å². The normalized spacial score (nSPS) is 20.9. The van der Waals surface area contributed by atoms with Crippen molar-refractivity contribution in [3.05, 3.63) is 47.7 Å². The summed E-state index contributed by atoms with van der Waals surface area (Å²) in [6.07, 6.45) is 3.94. The Bertz CT molecular complexity index is 735. The first-order valence-electron chi connectivity index (χ1n) is 9.90. The van der Waals surface area contributed by atoms with E-state index in [9.17, 15) is 14.4 Å². The van der Waals surface area contributed by atoms with Crippen LogP contribution in [0.1, 0.15) is 38.2 Å². The summed E-state index contributed by atoms with van der Waals surface area (Å²) in [5.41, 5.74) is 7.25. The van der Waals surface area contributed by atoms with Gasteiger partial charge in [-0.25, -0.2) is 4.79 Å². The number of nitrogens with two attached hydrogens (primary N) is 1. The van der Waals surface area contributed by atoms with Crippen LogP contribution in [0.3, 0.4) is 0 Å².